The largest absolute Gasteiger partial charge is 0.492 e. The van der Waals surface area contributed by atoms with Crippen LogP contribution in [0.5, 0.6) is 5.75 Å². The van der Waals surface area contributed by atoms with E-state index in [-0.39, 0.29) is 5.91 Å². The third-order valence-electron chi connectivity index (χ3n) is 5.01. The van der Waals surface area contributed by atoms with Gasteiger partial charge in [-0.1, -0.05) is 29.8 Å². The van der Waals surface area contributed by atoms with Gasteiger partial charge in [0.1, 0.15) is 5.75 Å². The number of rotatable bonds is 6. The minimum absolute atomic E-state index is 0.233. The van der Waals surface area contributed by atoms with Gasteiger partial charge in [-0.3, -0.25) is 14.8 Å². The highest BCUT2D eigenvalue weighted by Crippen LogP contribution is 2.23. The number of ether oxygens (including phenoxy) is 1. The van der Waals surface area contributed by atoms with Gasteiger partial charge in [-0.15, -0.1) is 0 Å². The van der Waals surface area contributed by atoms with Crippen molar-refractivity contribution in [3.63, 3.8) is 0 Å². The molecule has 2 N–H and O–H groups in total. The standard InChI is InChI=1S/C24H29N5O2/c1-6-31-22-13-8-7-12-21(22)26-24(25-15-20-17(3)28-29(5)18(20)4)27-23(30)19-11-9-10-16(2)14-19/h7-14H,6,15H2,1-5H3,(H2,25,26,27,30). The number of aliphatic imine (C=N–C) groups is 1. The minimum atomic E-state index is -0.233. The van der Waals surface area contributed by atoms with Crippen LogP contribution >= 0.6 is 0 Å². The summed E-state index contributed by atoms with van der Waals surface area (Å²) in [6.45, 7) is 8.78. The summed E-state index contributed by atoms with van der Waals surface area (Å²) in [5, 5.41) is 10.6. The average molecular weight is 420 g/mol. The van der Waals surface area contributed by atoms with Gasteiger partial charge in [0, 0.05) is 23.9 Å². The normalized spacial score (nSPS) is 11.3. The zero-order valence-electron chi connectivity index (χ0n) is 18.7. The first kappa shape index (κ1) is 22.1. The molecule has 7 nitrogen and oxygen atoms in total. The van der Waals surface area contributed by atoms with Gasteiger partial charge in [0.25, 0.3) is 5.91 Å². The number of guanidine groups is 1. The Balaban J connectivity index is 1.90. The van der Waals surface area contributed by atoms with Crippen LogP contribution in [0.25, 0.3) is 0 Å². The summed E-state index contributed by atoms with van der Waals surface area (Å²) in [5.74, 6) is 0.807. The topological polar surface area (TPSA) is 80.5 Å². The van der Waals surface area contributed by atoms with Crippen LogP contribution in [0.15, 0.2) is 53.5 Å². The Morgan fingerprint density at radius 3 is 2.58 bits per heavy atom. The molecule has 0 atom stereocenters. The number of hydrogen-bond donors (Lipinski definition) is 2. The van der Waals surface area contributed by atoms with Crippen LogP contribution in [0.1, 0.15) is 39.8 Å². The molecule has 1 amide bonds. The predicted octanol–water partition coefficient (Wildman–Crippen LogP) is 4.14. The van der Waals surface area contributed by atoms with Crippen molar-refractivity contribution in [3.8, 4) is 5.75 Å². The number of benzene rings is 2. The third kappa shape index (κ3) is 5.51. The first-order valence-corrected chi connectivity index (χ1v) is 10.3. The predicted molar refractivity (Wildman–Crippen MR) is 124 cm³/mol. The molecule has 0 radical (unpaired) electrons. The quantitative estimate of drug-likeness (QED) is 0.465. The Labute approximate surface area is 183 Å². The van der Waals surface area contributed by atoms with Crippen molar-refractivity contribution in [2.75, 3.05) is 11.9 Å². The molecule has 0 aliphatic heterocycles. The molecule has 0 unspecified atom stereocenters. The fraction of sp³-hybridized carbons (Fsp3) is 0.292. The smallest absolute Gasteiger partial charge is 0.257 e. The van der Waals surface area contributed by atoms with E-state index in [2.05, 4.69) is 20.7 Å². The summed E-state index contributed by atoms with van der Waals surface area (Å²) in [5.41, 5.74) is 5.31. The van der Waals surface area contributed by atoms with Crippen LogP contribution in [-0.4, -0.2) is 28.3 Å². The van der Waals surface area contributed by atoms with E-state index in [9.17, 15) is 4.79 Å². The molecule has 0 bridgehead atoms. The molecule has 0 fully saturated rings. The molecule has 1 aromatic heterocycles. The molecule has 0 aliphatic carbocycles. The Bertz CT molecular complexity index is 1100. The van der Waals surface area contributed by atoms with Crippen LogP contribution in [0.4, 0.5) is 5.69 Å². The molecule has 0 aliphatic rings. The lowest BCUT2D eigenvalue weighted by Crippen LogP contribution is -2.36. The van der Waals surface area contributed by atoms with Crippen LogP contribution in [0.2, 0.25) is 0 Å². The molecular weight excluding hydrogens is 390 g/mol. The van der Waals surface area contributed by atoms with Crippen molar-refractivity contribution >= 4 is 17.6 Å². The van der Waals surface area contributed by atoms with E-state index >= 15 is 0 Å². The summed E-state index contributed by atoms with van der Waals surface area (Å²) in [6, 6.07) is 15.0. The van der Waals surface area contributed by atoms with Crippen molar-refractivity contribution < 1.29 is 9.53 Å². The van der Waals surface area contributed by atoms with E-state index in [0.717, 1.165) is 28.2 Å². The van der Waals surface area contributed by atoms with Gasteiger partial charge >= 0.3 is 0 Å². The van der Waals surface area contributed by atoms with Gasteiger partial charge in [0.15, 0.2) is 0 Å². The maximum absolute atomic E-state index is 12.9. The number of nitrogens with one attached hydrogen (secondary N) is 2. The van der Waals surface area contributed by atoms with Crippen LogP contribution < -0.4 is 15.4 Å². The fourth-order valence-electron chi connectivity index (χ4n) is 3.26. The number of aryl methyl sites for hydroxylation is 3. The van der Waals surface area contributed by atoms with Crippen molar-refractivity contribution in [3.05, 3.63) is 76.6 Å². The van der Waals surface area contributed by atoms with Gasteiger partial charge in [0.05, 0.1) is 24.5 Å². The molecule has 0 saturated heterocycles. The molecule has 0 spiro atoms. The maximum Gasteiger partial charge on any atom is 0.257 e. The second-order valence-corrected chi connectivity index (χ2v) is 7.32. The highest BCUT2D eigenvalue weighted by Gasteiger charge is 2.14. The van der Waals surface area contributed by atoms with Gasteiger partial charge in [-0.25, -0.2) is 4.99 Å². The molecule has 2 aromatic carbocycles. The average Bonchev–Trinajstić information content (AvgIpc) is 2.99. The van der Waals surface area contributed by atoms with Gasteiger partial charge in [0.2, 0.25) is 5.96 Å². The van der Waals surface area contributed by atoms with Crippen LogP contribution in [0.3, 0.4) is 0 Å². The van der Waals surface area contributed by atoms with E-state index in [4.69, 9.17) is 4.74 Å². The first-order valence-electron chi connectivity index (χ1n) is 10.3. The number of aromatic nitrogens is 2. The summed E-state index contributed by atoms with van der Waals surface area (Å²) in [6.07, 6.45) is 0. The zero-order valence-corrected chi connectivity index (χ0v) is 18.7. The van der Waals surface area contributed by atoms with Gasteiger partial charge in [-0.2, -0.15) is 5.10 Å². The monoisotopic (exact) mass is 419 g/mol. The molecule has 162 valence electrons. The lowest BCUT2D eigenvalue weighted by Gasteiger charge is -2.15. The van der Waals surface area contributed by atoms with E-state index in [1.807, 2.05) is 81.9 Å². The molecule has 3 aromatic rings. The van der Waals surface area contributed by atoms with Gasteiger partial charge in [-0.05, 0) is 52.0 Å². The van der Waals surface area contributed by atoms with Gasteiger partial charge < -0.3 is 10.1 Å². The fourth-order valence-corrected chi connectivity index (χ4v) is 3.26. The molecule has 3 rings (SSSR count). The van der Waals surface area contributed by atoms with E-state index in [1.165, 1.54) is 0 Å². The van der Waals surface area contributed by atoms with Crippen molar-refractivity contribution in [2.45, 2.75) is 34.2 Å². The van der Waals surface area contributed by atoms with E-state index < -0.39 is 0 Å². The van der Waals surface area contributed by atoms with Crippen LogP contribution in [-0.2, 0) is 13.6 Å². The number of carbonyl (C=O) groups is 1. The Morgan fingerprint density at radius 1 is 1.13 bits per heavy atom. The van der Waals surface area contributed by atoms with Crippen molar-refractivity contribution in [1.29, 1.82) is 0 Å². The second-order valence-electron chi connectivity index (χ2n) is 7.32. The van der Waals surface area contributed by atoms with E-state index in [1.54, 1.807) is 6.07 Å². The Kier molecular flexibility index (Phi) is 7.07. The van der Waals surface area contributed by atoms with Crippen LogP contribution in [0, 0.1) is 20.8 Å². The third-order valence-corrected chi connectivity index (χ3v) is 5.01. The molecule has 1 heterocycles. The summed E-state index contributed by atoms with van der Waals surface area (Å²) < 4.78 is 7.54. The minimum Gasteiger partial charge on any atom is -0.492 e. The lowest BCUT2D eigenvalue weighted by molar-refractivity contribution is 0.0976. The SMILES string of the molecule is CCOc1ccccc1NC(=NCc1c(C)nn(C)c1C)NC(=O)c1cccc(C)c1. The second kappa shape index (κ2) is 9.93. The number of para-hydroxylation sites is 2. The molecule has 0 saturated carbocycles. The highest BCUT2D eigenvalue weighted by molar-refractivity contribution is 6.10. The highest BCUT2D eigenvalue weighted by atomic mass is 16.5. The Morgan fingerprint density at radius 2 is 1.90 bits per heavy atom. The molecule has 7 heteroatoms. The maximum atomic E-state index is 12.9. The first-order chi connectivity index (χ1) is 14.9. The van der Waals surface area contributed by atoms with E-state index in [0.29, 0.717) is 30.4 Å². The molecular formula is C24H29N5O2. The number of nitrogens with zero attached hydrogens (tertiary/aromatic N) is 3. The molecule has 31 heavy (non-hydrogen) atoms. The van der Waals surface area contributed by atoms with Crippen molar-refractivity contribution in [1.82, 2.24) is 15.1 Å². The number of anilines is 1. The number of hydrogen-bond acceptors (Lipinski definition) is 4. The summed E-state index contributed by atoms with van der Waals surface area (Å²) in [7, 11) is 1.91. The summed E-state index contributed by atoms with van der Waals surface area (Å²) in [4.78, 5) is 17.6. The summed E-state index contributed by atoms with van der Waals surface area (Å²) >= 11 is 0. The lowest BCUT2D eigenvalue weighted by atomic mass is 10.1. The zero-order chi connectivity index (χ0) is 22.4. The Hall–Kier alpha value is -3.61. The van der Waals surface area contributed by atoms with Crippen molar-refractivity contribution in [2.24, 2.45) is 12.0 Å². The number of carbonyl (C=O) groups excluding carboxylic acids is 1. The number of amides is 1.